The molecule has 0 unspecified atom stereocenters. The Morgan fingerprint density at radius 1 is 1.28 bits per heavy atom. The first-order valence-electron chi connectivity index (χ1n) is 6.89. The van der Waals surface area contributed by atoms with E-state index in [4.69, 9.17) is 4.74 Å². The Bertz CT molecular complexity index is 321. The number of nitrogens with zero attached hydrogens (tertiary/aromatic N) is 2. The molecule has 0 fully saturated rings. The molecule has 4 nitrogen and oxygen atoms in total. The van der Waals surface area contributed by atoms with Crippen molar-refractivity contribution in [2.45, 2.75) is 53.2 Å². The summed E-state index contributed by atoms with van der Waals surface area (Å²) in [6, 6.07) is 0.495. The second-order valence-electron chi connectivity index (χ2n) is 5.43. The second kappa shape index (κ2) is 8.27. The lowest BCUT2D eigenvalue weighted by molar-refractivity contribution is 0.116. The van der Waals surface area contributed by atoms with Gasteiger partial charge in [-0.3, -0.25) is 0 Å². The van der Waals surface area contributed by atoms with Crippen LogP contribution in [0.2, 0.25) is 0 Å². The SMILES string of the molecule is CC(C)CCOCCn1cnc(CNC(C)C)c1. The van der Waals surface area contributed by atoms with E-state index in [1.165, 1.54) is 0 Å². The van der Waals surface area contributed by atoms with Gasteiger partial charge in [-0.15, -0.1) is 0 Å². The topological polar surface area (TPSA) is 39.1 Å². The lowest BCUT2D eigenvalue weighted by Crippen LogP contribution is -2.21. The summed E-state index contributed by atoms with van der Waals surface area (Å²) >= 11 is 0. The molecule has 0 radical (unpaired) electrons. The molecule has 1 rings (SSSR count). The van der Waals surface area contributed by atoms with Crippen molar-refractivity contribution < 1.29 is 4.74 Å². The Hall–Kier alpha value is -0.870. The molecule has 0 bridgehead atoms. The van der Waals surface area contributed by atoms with Crippen molar-refractivity contribution in [1.29, 1.82) is 0 Å². The maximum Gasteiger partial charge on any atom is 0.0950 e. The van der Waals surface area contributed by atoms with Gasteiger partial charge >= 0.3 is 0 Å². The van der Waals surface area contributed by atoms with Gasteiger partial charge < -0.3 is 14.6 Å². The molecule has 0 atom stereocenters. The molecular weight excluding hydrogens is 226 g/mol. The lowest BCUT2D eigenvalue weighted by atomic mass is 10.1. The molecule has 0 saturated heterocycles. The average Bonchev–Trinajstić information content (AvgIpc) is 2.73. The lowest BCUT2D eigenvalue weighted by Gasteiger charge is -2.07. The molecule has 104 valence electrons. The molecule has 1 heterocycles. The first kappa shape index (κ1) is 15.2. The van der Waals surface area contributed by atoms with Crippen LogP contribution >= 0.6 is 0 Å². The Labute approximate surface area is 111 Å². The minimum Gasteiger partial charge on any atom is -0.380 e. The van der Waals surface area contributed by atoms with Crippen LogP contribution in [0.15, 0.2) is 12.5 Å². The summed E-state index contributed by atoms with van der Waals surface area (Å²) in [4.78, 5) is 4.36. The first-order chi connectivity index (χ1) is 8.58. The predicted octanol–water partition coefficient (Wildman–Crippen LogP) is 2.44. The maximum atomic E-state index is 5.59. The number of ether oxygens (including phenoxy) is 1. The zero-order valence-corrected chi connectivity index (χ0v) is 12.1. The molecule has 0 aromatic carbocycles. The Morgan fingerprint density at radius 3 is 2.72 bits per heavy atom. The summed E-state index contributed by atoms with van der Waals surface area (Å²) < 4.78 is 7.68. The van der Waals surface area contributed by atoms with Crippen molar-refractivity contribution in [3.63, 3.8) is 0 Å². The highest BCUT2D eigenvalue weighted by Crippen LogP contribution is 2.00. The van der Waals surface area contributed by atoms with Gasteiger partial charge in [-0.05, 0) is 12.3 Å². The predicted molar refractivity (Wildman–Crippen MR) is 74.5 cm³/mol. The number of hydrogen-bond acceptors (Lipinski definition) is 3. The molecule has 0 aliphatic heterocycles. The van der Waals surface area contributed by atoms with E-state index in [1.54, 1.807) is 0 Å². The van der Waals surface area contributed by atoms with Crippen molar-refractivity contribution in [2.24, 2.45) is 5.92 Å². The van der Waals surface area contributed by atoms with Crippen LogP contribution in [-0.2, 0) is 17.8 Å². The van der Waals surface area contributed by atoms with Crippen LogP contribution in [0.25, 0.3) is 0 Å². The molecule has 1 aromatic heterocycles. The summed E-state index contributed by atoms with van der Waals surface area (Å²) in [6.45, 7) is 12.0. The Kier molecular flexibility index (Phi) is 6.98. The van der Waals surface area contributed by atoms with Crippen LogP contribution in [0.5, 0.6) is 0 Å². The summed E-state index contributed by atoms with van der Waals surface area (Å²) in [5.41, 5.74) is 1.09. The minimum absolute atomic E-state index is 0.495. The third-order valence-electron chi connectivity index (χ3n) is 2.71. The highest BCUT2D eigenvalue weighted by molar-refractivity contribution is 4.96. The van der Waals surface area contributed by atoms with Gasteiger partial charge in [0, 0.05) is 31.9 Å². The number of aromatic nitrogens is 2. The van der Waals surface area contributed by atoms with E-state index < -0.39 is 0 Å². The van der Waals surface area contributed by atoms with Crippen LogP contribution < -0.4 is 5.32 Å². The van der Waals surface area contributed by atoms with Gasteiger partial charge in [-0.25, -0.2) is 4.98 Å². The normalized spacial score (nSPS) is 11.7. The van der Waals surface area contributed by atoms with E-state index in [0.29, 0.717) is 12.0 Å². The van der Waals surface area contributed by atoms with E-state index in [9.17, 15) is 0 Å². The first-order valence-corrected chi connectivity index (χ1v) is 6.89. The van der Waals surface area contributed by atoms with E-state index in [0.717, 1.165) is 38.4 Å². The fourth-order valence-electron chi connectivity index (χ4n) is 1.52. The minimum atomic E-state index is 0.495. The Balaban J connectivity index is 2.15. The average molecular weight is 253 g/mol. The molecule has 0 spiro atoms. The van der Waals surface area contributed by atoms with Gasteiger partial charge in [0.15, 0.2) is 0 Å². The van der Waals surface area contributed by atoms with Crippen molar-refractivity contribution in [3.8, 4) is 0 Å². The fraction of sp³-hybridized carbons (Fsp3) is 0.786. The molecule has 0 aliphatic carbocycles. The van der Waals surface area contributed by atoms with Gasteiger partial charge in [0.05, 0.1) is 18.6 Å². The van der Waals surface area contributed by atoms with Crippen LogP contribution in [-0.4, -0.2) is 28.8 Å². The molecular formula is C14H27N3O. The number of imidazole rings is 1. The summed E-state index contributed by atoms with van der Waals surface area (Å²) in [7, 11) is 0. The largest absolute Gasteiger partial charge is 0.380 e. The summed E-state index contributed by atoms with van der Waals surface area (Å²) in [5.74, 6) is 0.715. The molecule has 1 N–H and O–H groups in total. The maximum absolute atomic E-state index is 5.59. The molecule has 0 saturated carbocycles. The highest BCUT2D eigenvalue weighted by atomic mass is 16.5. The van der Waals surface area contributed by atoms with Gasteiger partial charge in [0.1, 0.15) is 0 Å². The van der Waals surface area contributed by atoms with Crippen LogP contribution in [0.4, 0.5) is 0 Å². The molecule has 0 aliphatic rings. The summed E-state index contributed by atoms with van der Waals surface area (Å²) in [5, 5.41) is 3.36. The van der Waals surface area contributed by atoms with E-state index in [1.807, 2.05) is 6.33 Å². The van der Waals surface area contributed by atoms with Gasteiger partial charge in [-0.1, -0.05) is 27.7 Å². The zero-order chi connectivity index (χ0) is 13.4. The van der Waals surface area contributed by atoms with Crippen LogP contribution in [0.3, 0.4) is 0 Å². The van der Waals surface area contributed by atoms with E-state index in [2.05, 4.69) is 48.8 Å². The van der Waals surface area contributed by atoms with Crippen molar-refractivity contribution >= 4 is 0 Å². The molecule has 4 heteroatoms. The van der Waals surface area contributed by atoms with Crippen LogP contribution in [0.1, 0.15) is 39.8 Å². The monoisotopic (exact) mass is 253 g/mol. The standard InChI is InChI=1S/C14H27N3O/c1-12(2)5-7-18-8-6-17-10-14(16-11-17)9-15-13(3)4/h10-13,15H,5-9H2,1-4H3. The summed E-state index contributed by atoms with van der Waals surface area (Å²) in [6.07, 6.45) is 5.10. The third kappa shape index (κ3) is 6.77. The van der Waals surface area contributed by atoms with Gasteiger partial charge in [0.2, 0.25) is 0 Å². The molecule has 1 aromatic rings. The third-order valence-corrected chi connectivity index (χ3v) is 2.71. The Morgan fingerprint density at radius 2 is 2.06 bits per heavy atom. The number of rotatable bonds is 9. The van der Waals surface area contributed by atoms with Crippen LogP contribution in [0, 0.1) is 5.92 Å². The smallest absolute Gasteiger partial charge is 0.0950 e. The van der Waals surface area contributed by atoms with Crippen molar-refractivity contribution in [3.05, 3.63) is 18.2 Å². The van der Waals surface area contributed by atoms with Crippen molar-refractivity contribution in [2.75, 3.05) is 13.2 Å². The van der Waals surface area contributed by atoms with E-state index in [-0.39, 0.29) is 0 Å². The second-order valence-corrected chi connectivity index (χ2v) is 5.43. The van der Waals surface area contributed by atoms with Gasteiger partial charge in [-0.2, -0.15) is 0 Å². The number of nitrogens with one attached hydrogen (secondary N) is 1. The van der Waals surface area contributed by atoms with Gasteiger partial charge in [0.25, 0.3) is 0 Å². The quantitative estimate of drug-likeness (QED) is 0.687. The zero-order valence-electron chi connectivity index (χ0n) is 12.1. The van der Waals surface area contributed by atoms with E-state index >= 15 is 0 Å². The molecule has 18 heavy (non-hydrogen) atoms. The van der Waals surface area contributed by atoms with Crippen molar-refractivity contribution in [1.82, 2.24) is 14.9 Å². The molecule has 0 amide bonds. The number of hydrogen-bond donors (Lipinski definition) is 1. The fourth-order valence-corrected chi connectivity index (χ4v) is 1.52. The highest BCUT2D eigenvalue weighted by Gasteiger charge is 2.00.